The second-order valence-corrected chi connectivity index (χ2v) is 6.75. The lowest BCUT2D eigenvalue weighted by molar-refractivity contribution is -0.138. The zero-order valence-corrected chi connectivity index (χ0v) is 15.9. The summed E-state index contributed by atoms with van der Waals surface area (Å²) in [7, 11) is 0. The van der Waals surface area contributed by atoms with E-state index >= 15 is 0 Å². The summed E-state index contributed by atoms with van der Waals surface area (Å²) in [6.45, 7) is 4.78. The zero-order valence-electron chi connectivity index (χ0n) is 15.9. The normalized spacial score (nSPS) is 10.6. The van der Waals surface area contributed by atoms with Crippen molar-refractivity contribution in [3.8, 4) is 5.75 Å². The molecule has 0 saturated carbocycles. The Morgan fingerprint density at radius 1 is 1.04 bits per heavy atom. The smallest absolute Gasteiger partial charge is 0.303 e. The molecule has 1 amide bonds. The Bertz CT molecular complexity index is 743. The highest BCUT2D eigenvalue weighted by molar-refractivity contribution is 5.79. The molecule has 144 valence electrons. The molecule has 0 spiro atoms. The van der Waals surface area contributed by atoms with E-state index in [1.54, 1.807) is 4.90 Å². The molecule has 0 atom stereocenters. The number of benzene rings is 2. The molecular formula is C22H27NO4. The van der Waals surface area contributed by atoms with Crippen molar-refractivity contribution in [3.05, 3.63) is 65.7 Å². The molecule has 0 heterocycles. The Morgan fingerprint density at radius 3 is 2.37 bits per heavy atom. The molecular weight excluding hydrogens is 342 g/mol. The number of hydrogen-bond donors (Lipinski definition) is 1. The van der Waals surface area contributed by atoms with E-state index in [9.17, 15) is 9.59 Å². The van der Waals surface area contributed by atoms with Crippen LogP contribution in [-0.2, 0) is 22.6 Å². The van der Waals surface area contributed by atoms with Crippen molar-refractivity contribution < 1.29 is 19.4 Å². The number of rotatable bonds is 10. The van der Waals surface area contributed by atoms with Gasteiger partial charge in [-0.3, -0.25) is 9.59 Å². The molecule has 0 bridgehead atoms. The monoisotopic (exact) mass is 369 g/mol. The molecule has 5 nitrogen and oxygen atoms in total. The van der Waals surface area contributed by atoms with Gasteiger partial charge in [-0.15, -0.1) is 0 Å². The maximum atomic E-state index is 13.0. The van der Waals surface area contributed by atoms with Crippen LogP contribution in [0.5, 0.6) is 5.75 Å². The molecule has 0 aliphatic rings. The predicted octanol–water partition coefficient (Wildman–Crippen LogP) is 3.91. The Kier molecular flexibility index (Phi) is 7.86. The molecule has 0 fully saturated rings. The first-order chi connectivity index (χ1) is 13.0. The largest absolute Gasteiger partial charge is 0.491 e. The number of carbonyl (C=O) groups excluding carboxylic acids is 1. The first kappa shape index (κ1) is 20.5. The predicted molar refractivity (Wildman–Crippen MR) is 105 cm³/mol. The number of carboxylic acids is 1. The number of para-hydroxylation sites is 1. The van der Waals surface area contributed by atoms with Gasteiger partial charge in [-0.1, -0.05) is 48.5 Å². The number of carbonyl (C=O) groups is 2. The lowest BCUT2D eigenvalue weighted by Crippen LogP contribution is -2.33. The third kappa shape index (κ3) is 7.13. The summed E-state index contributed by atoms with van der Waals surface area (Å²) in [5.41, 5.74) is 1.86. The van der Waals surface area contributed by atoms with Crippen LogP contribution in [0, 0.1) is 0 Å². The van der Waals surface area contributed by atoms with E-state index in [1.807, 2.05) is 68.4 Å². The fourth-order valence-corrected chi connectivity index (χ4v) is 2.81. The second-order valence-electron chi connectivity index (χ2n) is 6.75. The topological polar surface area (TPSA) is 66.8 Å². The van der Waals surface area contributed by atoms with E-state index in [-0.39, 0.29) is 24.9 Å². The van der Waals surface area contributed by atoms with Gasteiger partial charge in [0.25, 0.3) is 0 Å². The van der Waals surface area contributed by atoms with Crippen LogP contribution < -0.4 is 4.74 Å². The van der Waals surface area contributed by atoms with Crippen molar-refractivity contribution in [2.24, 2.45) is 0 Å². The second kappa shape index (κ2) is 10.4. The van der Waals surface area contributed by atoms with Crippen molar-refractivity contribution >= 4 is 11.9 Å². The van der Waals surface area contributed by atoms with Gasteiger partial charge in [0.2, 0.25) is 5.91 Å². The number of nitrogens with zero attached hydrogens (tertiary/aromatic N) is 1. The van der Waals surface area contributed by atoms with E-state index < -0.39 is 5.97 Å². The molecule has 0 aliphatic heterocycles. The van der Waals surface area contributed by atoms with Crippen LogP contribution in [0.3, 0.4) is 0 Å². The average Bonchev–Trinajstić information content (AvgIpc) is 2.62. The fraction of sp³-hybridized carbons (Fsp3) is 0.364. The van der Waals surface area contributed by atoms with Crippen LogP contribution in [0.2, 0.25) is 0 Å². The Balaban J connectivity index is 2.11. The molecule has 2 aromatic rings. The Labute approximate surface area is 160 Å². The van der Waals surface area contributed by atoms with Crippen LogP contribution in [0.25, 0.3) is 0 Å². The lowest BCUT2D eigenvalue weighted by atomic mass is 10.1. The van der Waals surface area contributed by atoms with Crippen LogP contribution >= 0.6 is 0 Å². The van der Waals surface area contributed by atoms with Crippen LogP contribution in [0.15, 0.2) is 54.6 Å². The minimum atomic E-state index is -0.849. The molecule has 0 radical (unpaired) electrons. The molecule has 27 heavy (non-hydrogen) atoms. The highest BCUT2D eigenvalue weighted by atomic mass is 16.5. The Morgan fingerprint density at radius 2 is 1.70 bits per heavy atom. The first-order valence-corrected chi connectivity index (χ1v) is 9.23. The summed E-state index contributed by atoms with van der Waals surface area (Å²) in [6, 6.07) is 17.3. The van der Waals surface area contributed by atoms with E-state index in [4.69, 9.17) is 9.84 Å². The molecule has 0 saturated heterocycles. The fourth-order valence-electron chi connectivity index (χ4n) is 2.81. The summed E-state index contributed by atoms with van der Waals surface area (Å²) in [5.74, 6) is -0.173. The quantitative estimate of drug-likeness (QED) is 0.689. The van der Waals surface area contributed by atoms with Gasteiger partial charge < -0.3 is 14.7 Å². The molecule has 0 aromatic heterocycles. The zero-order chi connectivity index (χ0) is 19.6. The molecule has 0 unspecified atom stereocenters. The van der Waals surface area contributed by atoms with Crippen molar-refractivity contribution in [2.45, 2.75) is 45.8 Å². The van der Waals surface area contributed by atoms with Gasteiger partial charge in [-0.05, 0) is 31.9 Å². The van der Waals surface area contributed by atoms with E-state index in [2.05, 4.69) is 0 Å². The standard InChI is InChI=1S/C22H27NO4/c1-17(2)27-20-12-7-6-11-19(20)15-21(24)23(14-8-13-22(25)26)16-18-9-4-3-5-10-18/h3-7,9-12,17H,8,13-16H2,1-2H3,(H,25,26). The van der Waals surface area contributed by atoms with Crippen molar-refractivity contribution in [1.29, 1.82) is 0 Å². The molecule has 2 aromatic carbocycles. The van der Waals surface area contributed by atoms with Crippen LogP contribution in [-0.4, -0.2) is 34.5 Å². The van der Waals surface area contributed by atoms with E-state index in [0.717, 1.165) is 11.1 Å². The van der Waals surface area contributed by atoms with Gasteiger partial charge in [-0.2, -0.15) is 0 Å². The molecule has 0 aliphatic carbocycles. The lowest BCUT2D eigenvalue weighted by Gasteiger charge is -2.23. The van der Waals surface area contributed by atoms with Gasteiger partial charge in [0.05, 0.1) is 12.5 Å². The maximum absolute atomic E-state index is 13.0. The van der Waals surface area contributed by atoms with Gasteiger partial charge in [0, 0.05) is 25.1 Å². The van der Waals surface area contributed by atoms with Gasteiger partial charge in [0.1, 0.15) is 5.75 Å². The summed E-state index contributed by atoms with van der Waals surface area (Å²) in [4.78, 5) is 25.5. The summed E-state index contributed by atoms with van der Waals surface area (Å²) in [6.07, 6.45) is 0.726. The Hall–Kier alpha value is -2.82. The van der Waals surface area contributed by atoms with Gasteiger partial charge in [0.15, 0.2) is 0 Å². The maximum Gasteiger partial charge on any atom is 0.303 e. The summed E-state index contributed by atoms with van der Waals surface area (Å²) < 4.78 is 5.81. The first-order valence-electron chi connectivity index (χ1n) is 9.23. The van der Waals surface area contributed by atoms with Gasteiger partial charge in [-0.25, -0.2) is 0 Å². The van der Waals surface area contributed by atoms with Crippen molar-refractivity contribution in [2.75, 3.05) is 6.54 Å². The summed E-state index contributed by atoms with van der Waals surface area (Å²) >= 11 is 0. The molecule has 2 rings (SSSR count). The highest BCUT2D eigenvalue weighted by Crippen LogP contribution is 2.21. The highest BCUT2D eigenvalue weighted by Gasteiger charge is 2.17. The van der Waals surface area contributed by atoms with Crippen LogP contribution in [0.4, 0.5) is 0 Å². The third-order valence-electron chi connectivity index (χ3n) is 4.06. The van der Waals surface area contributed by atoms with Crippen molar-refractivity contribution in [3.63, 3.8) is 0 Å². The minimum Gasteiger partial charge on any atom is -0.491 e. The number of carboxylic acid groups (broad SMARTS) is 1. The van der Waals surface area contributed by atoms with E-state index in [1.165, 1.54) is 0 Å². The SMILES string of the molecule is CC(C)Oc1ccccc1CC(=O)N(CCCC(=O)O)Cc1ccccc1. The van der Waals surface area contributed by atoms with Crippen molar-refractivity contribution in [1.82, 2.24) is 4.90 Å². The number of amides is 1. The number of ether oxygens (including phenoxy) is 1. The molecule has 1 N–H and O–H groups in total. The summed E-state index contributed by atoms with van der Waals surface area (Å²) in [5, 5.41) is 8.89. The van der Waals surface area contributed by atoms with Gasteiger partial charge >= 0.3 is 5.97 Å². The average molecular weight is 369 g/mol. The minimum absolute atomic E-state index is 0.0252. The number of hydrogen-bond acceptors (Lipinski definition) is 3. The third-order valence-corrected chi connectivity index (χ3v) is 4.06. The number of aliphatic carboxylic acids is 1. The van der Waals surface area contributed by atoms with Crippen LogP contribution in [0.1, 0.15) is 37.8 Å². The van der Waals surface area contributed by atoms with E-state index in [0.29, 0.717) is 25.3 Å². The molecule has 5 heteroatoms.